The Bertz CT molecular complexity index is 1370. The Morgan fingerprint density at radius 1 is 0.788 bits per heavy atom. The molecule has 5 heteroatoms. The standard InChI is InChI=1S/C28H25N3O2/c1-19-8-3-5-11-24(19)27(32)29-22-13-14-25(20(2)16-22)28(33)31-18-23-10-7-15-30(23)17-21-9-4-6-12-26(21)31/h3-16H,17-18H2,1-2H3,(H,29,32). The monoisotopic (exact) mass is 435 g/mol. The molecule has 4 aromatic rings. The summed E-state index contributed by atoms with van der Waals surface area (Å²) in [5, 5.41) is 2.95. The van der Waals surface area contributed by atoms with Gasteiger partial charge in [0.05, 0.1) is 6.54 Å². The van der Waals surface area contributed by atoms with Crippen LogP contribution in [0, 0.1) is 13.8 Å². The lowest BCUT2D eigenvalue weighted by Gasteiger charge is -2.24. The van der Waals surface area contributed by atoms with Crippen molar-refractivity contribution in [2.24, 2.45) is 0 Å². The van der Waals surface area contributed by atoms with Crippen LogP contribution >= 0.6 is 0 Å². The molecule has 0 radical (unpaired) electrons. The predicted octanol–water partition coefficient (Wildman–Crippen LogP) is 5.57. The third-order valence-electron chi connectivity index (χ3n) is 6.22. The van der Waals surface area contributed by atoms with E-state index >= 15 is 0 Å². The number of nitrogens with zero attached hydrogens (tertiary/aromatic N) is 2. The molecule has 0 unspecified atom stereocenters. The zero-order valence-electron chi connectivity index (χ0n) is 18.7. The van der Waals surface area contributed by atoms with E-state index < -0.39 is 0 Å². The lowest BCUT2D eigenvalue weighted by atomic mass is 10.0. The van der Waals surface area contributed by atoms with E-state index in [0.29, 0.717) is 23.4 Å². The number of carbonyl (C=O) groups is 2. The number of amides is 2. The molecule has 5 nitrogen and oxygen atoms in total. The summed E-state index contributed by atoms with van der Waals surface area (Å²) in [5.74, 6) is -0.208. The van der Waals surface area contributed by atoms with Crippen molar-refractivity contribution < 1.29 is 9.59 Å². The van der Waals surface area contributed by atoms with Crippen molar-refractivity contribution in [2.75, 3.05) is 10.2 Å². The fourth-order valence-corrected chi connectivity index (χ4v) is 4.42. The highest BCUT2D eigenvalue weighted by Crippen LogP contribution is 2.30. The van der Waals surface area contributed by atoms with Crippen LogP contribution in [0.2, 0.25) is 0 Å². The molecule has 5 rings (SSSR count). The highest BCUT2D eigenvalue weighted by molar-refractivity contribution is 6.08. The second-order valence-electron chi connectivity index (χ2n) is 8.45. The van der Waals surface area contributed by atoms with Crippen LogP contribution in [-0.2, 0) is 13.1 Å². The number of fused-ring (bicyclic) bond motifs is 2. The molecule has 0 spiro atoms. The highest BCUT2D eigenvalue weighted by Gasteiger charge is 2.25. The number of aryl methyl sites for hydroxylation is 2. The van der Waals surface area contributed by atoms with E-state index in [1.165, 1.54) is 0 Å². The zero-order valence-corrected chi connectivity index (χ0v) is 18.7. The van der Waals surface area contributed by atoms with Gasteiger partial charge in [-0.15, -0.1) is 0 Å². The Hall–Kier alpha value is -4.12. The van der Waals surface area contributed by atoms with E-state index in [2.05, 4.69) is 28.2 Å². The van der Waals surface area contributed by atoms with Crippen LogP contribution in [-0.4, -0.2) is 16.4 Å². The number of carbonyl (C=O) groups excluding carboxylic acids is 2. The number of nitrogens with one attached hydrogen (secondary N) is 1. The minimum atomic E-state index is -0.159. The molecule has 0 fully saturated rings. The number of hydrogen-bond acceptors (Lipinski definition) is 2. The molecule has 0 saturated carbocycles. The summed E-state index contributed by atoms with van der Waals surface area (Å²) in [5.41, 5.74) is 6.81. The van der Waals surface area contributed by atoms with Crippen molar-refractivity contribution >= 4 is 23.2 Å². The maximum absolute atomic E-state index is 13.7. The molecule has 2 heterocycles. The average molecular weight is 436 g/mol. The van der Waals surface area contributed by atoms with E-state index in [-0.39, 0.29) is 11.8 Å². The molecule has 0 saturated heterocycles. The van der Waals surface area contributed by atoms with Gasteiger partial charge in [0.2, 0.25) is 0 Å². The molecule has 164 valence electrons. The van der Waals surface area contributed by atoms with Gasteiger partial charge in [-0.25, -0.2) is 0 Å². The second kappa shape index (κ2) is 8.43. The molecule has 0 bridgehead atoms. The molecule has 1 aliphatic heterocycles. The van der Waals surface area contributed by atoms with Crippen LogP contribution in [0.5, 0.6) is 0 Å². The molecule has 33 heavy (non-hydrogen) atoms. The molecule has 0 aliphatic carbocycles. The SMILES string of the molecule is Cc1ccccc1C(=O)Nc1ccc(C(=O)N2Cc3cccn3Cc3ccccc32)c(C)c1. The number of hydrogen-bond donors (Lipinski definition) is 1. The molecule has 1 aromatic heterocycles. The van der Waals surface area contributed by atoms with Crippen LogP contribution in [0.15, 0.2) is 85.1 Å². The summed E-state index contributed by atoms with van der Waals surface area (Å²) in [4.78, 5) is 28.2. The fraction of sp³-hybridized carbons (Fsp3) is 0.143. The second-order valence-corrected chi connectivity index (χ2v) is 8.45. The number of benzene rings is 3. The van der Waals surface area contributed by atoms with Gasteiger partial charge in [0.15, 0.2) is 0 Å². The van der Waals surface area contributed by atoms with E-state index in [9.17, 15) is 9.59 Å². The van der Waals surface area contributed by atoms with Crippen molar-refractivity contribution in [3.8, 4) is 0 Å². The van der Waals surface area contributed by atoms with Crippen LogP contribution in [0.1, 0.15) is 43.1 Å². The van der Waals surface area contributed by atoms with Gasteiger partial charge >= 0.3 is 0 Å². The van der Waals surface area contributed by atoms with Gasteiger partial charge in [0, 0.05) is 40.9 Å². The predicted molar refractivity (Wildman–Crippen MR) is 131 cm³/mol. The van der Waals surface area contributed by atoms with Crippen molar-refractivity contribution in [3.63, 3.8) is 0 Å². The summed E-state index contributed by atoms with van der Waals surface area (Å²) >= 11 is 0. The van der Waals surface area contributed by atoms with Crippen molar-refractivity contribution in [3.05, 3.63) is 119 Å². The lowest BCUT2D eigenvalue weighted by Crippen LogP contribution is -2.31. The van der Waals surface area contributed by atoms with Gasteiger partial charge in [-0.2, -0.15) is 0 Å². The van der Waals surface area contributed by atoms with E-state index in [1.807, 2.05) is 73.3 Å². The van der Waals surface area contributed by atoms with Crippen LogP contribution < -0.4 is 10.2 Å². The number of aromatic nitrogens is 1. The van der Waals surface area contributed by atoms with E-state index in [4.69, 9.17) is 0 Å². The fourth-order valence-electron chi connectivity index (χ4n) is 4.42. The van der Waals surface area contributed by atoms with Gasteiger partial charge in [-0.05, 0) is 73.0 Å². The van der Waals surface area contributed by atoms with Gasteiger partial charge < -0.3 is 14.8 Å². The number of para-hydroxylation sites is 1. The summed E-state index contributed by atoms with van der Waals surface area (Å²) in [6, 6.07) is 25.1. The normalized spacial score (nSPS) is 12.5. The van der Waals surface area contributed by atoms with Gasteiger partial charge in [-0.3, -0.25) is 9.59 Å². The van der Waals surface area contributed by atoms with Crippen LogP contribution in [0.25, 0.3) is 0 Å². The topological polar surface area (TPSA) is 54.3 Å². The Balaban J connectivity index is 1.43. The first-order chi connectivity index (χ1) is 16.0. The first-order valence-corrected chi connectivity index (χ1v) is 11.0. The Morgan fingerprint density at radius 2 is 1.58 bits per heavy atom. The van der Waals surface area contributed by atoms with Crippen molar-refractivity contribution in [2.45, 2.75) is 26.9 Å². The molecular weight excluding hydrogens is 410 g/mol. The van der Waals surface area contributed by atoms with Gasteiger partial charge in [-0.1, -0.05) is 36.4 Å². The van der Waals surface area contributed by atoms with E-state index in [1.54, 1.807) is 12.1 Å². The zero-order chi connectivity index (χ0) is 22.9. The first-order valence-electron chi connectivity index (χ1n) is 11.0. The summed E-state index contributed by atoms with van der Waals surface area (Å²) in [7, 11) is 0. The minimum absolute atomic E-state index is 0.0496. The van der Waals surface area contributed by atoms with E-state index in [0.717, 1.165) is 34.6 Å². The average Bonchev–Trinajstić information content (AvgIpc) is 3.18. The van der Waals surface area contributed by atoms with Crippen molar-refractivity contribution in [1.82, 2.24) is 4.57 Å². The quantitative estimate of drug-likeness (QED) is 0.458. The smallest absolute Gasteiger partial charge is 0.258 e. The number of anilines is 2. The van der Waals surface area contributed by atoms with Crippen molar-refractivity contribution in [1.29, 1.82) is 0 Å². The molecule has 3 aromatic carbocycles. The summed E-state index contributed by atoms with van der Waals surface area (Å²) in [6.07, 6.45) is 2.05. The Kier molecular flexibility index (Phi) is 5.31. The third kappa shape index (κ3) is 3.94. The molecule has 2 amide bonds. The molecule has 1 aliphatic rings. The third-order valence-corrected chi connectivity index (χ3v) is 6.22. The summed E-state index contributed by atoms with van der Waals surface area (Å²) < 4.78 is 2.18. The lowest BCUT2D eigenvalue weighted by molar-refractivity contribution is 0.0983. The highest BCUT2D eigenvalue weighted by atomic mass is 16.2. The van der Waals surface area contributed by atoms with Gasteiger partial charge in [0.25, 0.3) is 11.8 Å². The molecule has 1 N–H and O–H groups in total. The van der Waals surface area contributed by atoms with Crippen LogP contribution in [0.3, 0.4) is 0 Å². The first kappa shape index (κ1) is 20.8. The van der Waals surface area contributed by atoms with Gasteiger partial charge in [0.1, 0.15) is 0 Å². The maximum Gasteiger partial charge on any atom is 0.258 e. The Morgan fingerprint density at radius 3 is 2.39 bits per heavy atom. The molecule has 0 atom stereocenters. The van der Waals surface area contributed by atoms with Crippen LogP contribution in [0.4, 0.5) is 11.4 Å². The summed E-state index contributed by atoms with van der Waals surface area (Å²) in [6.45, 7) is 5.07. The Labute approximate surface area is 193 Å². The maximum atomic E-state index is 13.7. The minimum Gasteiger partial charge on any atom is -0.345 e. The molecular formula is C28H25N3O2. The largest absolute Gasteiger partial charge is 0.345 e. The number of rotatable bonds is 3.